The van der Waals surface area contributed by atoms with Crippen molar-refractivity contribution in [2.75, 3.05) is 32.8 Å². The molecule has 1 amide bonds. The molecule has 5 heteroatoms. The molecule has 2 unspecified atom stereocenters. The zero-order chi connectivity index (χ0) is 17.8. The summed E-state index contributed by atoms with van der Waals surface area (Å²) in [5, 5.41) is 3.21. The smallest absolute Gasteiger partial charge is 0.227 e. The molecule has 0 bridgehead atoms. The monoisotopic (exact) mass is 354 g/mol. The maximum Gasteiger partial charge on any atom is 0.227 e. The molecule has 1 aromatic heterocycles. The molecule has 2 atom stereocenters. The molecule has 1 saturated heterocycles. The van der Waals surface area contributed by atoms with Crippen LogP contribution in [0.1, 0.15) is 36.1 Å². The zero-order valence-corrected chi connectivity index (χ0v) is 15.0. The highest BCUT2D eigenvalue weighted by molar-refractivity contribution is 5.84. The maximum atomic E-state index is 13.0. The summed E-state index contributed by atoms with van der Waals surface area (Å²) in [4.78, 5) is 15.3. The summed E-state index contributed by atoms with van der Waals surface area (Å²) in [7, 11) is 0. The van der Waals surface area contributed by atoms with Crippen molar-refractivity contribution >= 4 is 5.91 Å². The third-order valence-electron chi connectivity index (χ3n) is 5.36. The van der Waals surface area contributed by atoms with Crippen molar-refractivity contribution < 1.29 is 13.9 Å². The summed E-state index contributed by atoms with van der Waals surface area (Å²) in [5.74, 6) is 1.46. The Hall–Kier alpha value is -2.11. The van der Waals surface area contributed by atoms with E-state index in [0.717, 1.165) is 50.5 Å². The van der Waals surface area contributed by atoms with E-state index in [0.29, 0.717) is 12.5 Å². The number of morpholine rings is 1. The van der Waals surface area contributed by atoms with Crippen LogP contribution in [0.15, 0.2) is 53.1 Å². The number of nitrogens with zero attached hydrogens (tertiary/aromatic N) is 1. The van der Waals surface area contributed by atoms with Crippen molar-refractivity contribution in [1.29, 1.82) is 0 Å². The number of carbonyl (C=O) groups is 1. The van der Waals surface area contributed by atoms with E-state index >= 15 is 0 Å². The van der Waals surface area contributed by atoms with Crippen LogP contribution in [0.5, 0.6) is 0 Å². The largest absolute Gasteiger partial charge is 0.468 e. The molecule has 2 heterocycles. The lowest BCUT2D eigenvalue weighted by atomic mass is 9.93. The number of rotatable bonds is 7. The number of amides is 1. The zero-order valence-electron chi connectivity index (χ0n) is 15.0. The molecule has 5 nitrogen and oxygen atoms in total. The van der Waals surface area contributed by atoms with Gasteiger partial charge in [-0.05, 0) is 36.5 Å². The number of carbonyl (C=O) groups excluding carboxylic acids is 1. The lowest BCUT2D eigenvalue weighted by molar-refractivity contribution is -0.123. The summed E-state index contributed by atoms with van der Waals surface area (Å²) in [6.45, 7) is 3.71. The molecule has 4 rings (SSSR count). The normalized spacial score (nSPS) is 20.5. The number of hydrogen-bond acceptors (Lipinski definition) is 4. The third kappa shape index (κ3) is 4.00. The summed E-state index contributed by atoms with van der Waals surface area (Å²) >= 11 is 0. The number of nitrogens with one attached hydrogen (secondary N) is 1. The molecule has 0 spiro atoms. The molecule has 26 heavy (non-hydrogen) atoms. The van der Waals surface area contributed by atoms with E-state index in [1.807, 2.05) is 30.3 Å². The summed E-state index contributed by atoms with van der Waals surface area (Å²) in [6.07, 6.45) is 3.97. The second-order valence-electron chi connectivity index (χ2n) is 7.15. The highest BCUT2D eigenvalue weighted by Gasteiger charge is 2.37. The van der Waals surface area contributed by atoms with Gasteiger partial charge < -0.3 is 14.5 Å². The van der Waals surface area contributed by atoms with Crippen LogP contribution in [-0.4, -0.2) is 43.7 Å². The first-order chi connectivity index (χ1) is 12.8. The summed E-state index contributed by atoms with van der Waals surface area (Å²) in [5.41, 5.74) is 1.12. The van der Waals surface area contributed by atoms with Crippen LogP contribution < -0.4 is 5.32 Å². The van der Waals surface area contributed by atoms with Gasteiger partial charge in [0, 0.05) is 19.6 Å². The molecule has 1 N–H and O–H groups in total. The van der Waals surface area contributed by atoms with Gasteiger partial charge in [0.1, 0.15) is 5.76 Å². The van der Waals surface area contributed by atoms with Crippen molar-refractivity contribution in [3.63, 3.8) is 0 Å². The molecule has 1 aliphatic carbocycles. The molecule has 1 aromatic carbocycles. The second kappa shape index (κ2) is 8.06. The Morgan fingerprint density at radius 1 is 1.12 bits per heavy atom. The molecule has 2 aromatic rings. The fraction of sp³-hybridized carbons (Fsp3) is 0.476. The van der Waals surface area contributed by atoms with Crippen LogP contribution in [0.3, 0.4) is 0 Å². The second-order valence-corrected chi connectivity index (χ2v) is 7.15. The summed E-state index contributed by atoms with van der Waals surface area (Å²) in [6, 6.07) is 14.1. The minimum Gasteiger partial charge on any atom is -0.468 e. The van der Waals surface area contributed by atoms with E-state index in [-0.39, 0.29) is 17.9 Å². The van der Waals surface area contributed by atoms with Crippen LogP contribution in [0.4, 0.5) is 0 Å². The molecule has 0 radical (unpaired) electrons. The van der Waals surface area contributed by atoms with Gasteiger partial charge in [-0.3, -0.25) is 9.69 Å². The topological polar surface area (TPSA) is 54.7 Å². The fourth-order valence-corrected chi connectivity index (χ4v) is 3.81. The Labute approximate surface area is 154 Å². The molecule has 2 aliphatic rings. The molecular weight excluding hydrogens is 328 g/mol. The minimum atomic E-state index is -0.0434. The summed E-state index contributed by atoms with van der Waals surface area (Å²) < 4.78 is 11.1. The maximum absolute atomic E-state index is 13.0. The predicted molar refractivity (Wildman–Crippen MR) is 98.8 cm³/mol. The Bertz CT molecular complexity index is 691. The van der Waals surface area contributed by atoms with Crippen LogP contribution in [-0.2, 0) is 9.53 Å². The molecule has 2 fully saturated rings. The number of hydrogen-bond donors (Lipinski definition) is 1. The van der Waals surface area contributed by atoms with Gasteiger partial charge in [-0.1, -0.05) is 30.3 Å². The van der Waals surface area contributed by atoms with E-state index in [1.165, 1.54) is 0 Å². The van der Waals surface area contributed by atoms with Gasteiger partial charge in [-0.15, -0.1) is 0 Å². The van der Waals surface area contributed by atoms with Gasteiger partial charge in [0.2, 0.25) is 5.91 Å². The Kier molecular flexibility index (Phi) is 5.37. The molecule has 138 valence electrons. The number of ether oxygens (including phenoxy) is 1. The number of benzene rings is 1. The SMILES string of the molecule is O=C(NCC(c1ccco1)N1CCOCC1)C(c1ccccc1)C1CC1. The Morgan fingerprint density at radius 3 is 2.54 bits per heavy atom. The molecular formula is C21H26N2O3. The van der Waals surface area contributed by atoms with Gasteiger partial charge in [0.15, 0.2) is 0 Å². The average Bonchev–Trinajstić information content (AvgIpc) is 3.37. The Balaban J connectivity index is 1.45. The van der Waals surface area contributed by atoms with Crippen molar-refractivity contribution in [1.82, 2.24) is 10.2 Å². The lowest BCUT2D eigenvalue weighted by Crippen LogP contribution is -2.44. The standard InChI is InChI=1S/C21H26N2O3/c24-21(20(17-8-9-17)16-5-2-1-3-6-16)22-15-18(19-7-4-12-26-19)23-10-13-25-14-11-23/h1-7,12,17-18,20H,8-11,13-15H2,(H,22,24). The van der Waals surface area contributed by atoms with E-state index in [2.05, 4.69) is 22.3 Å². The van der Waals surface area contributed by atoms with Gasteiger partial charge >= 0.3 is 0 Å². The van der Waals surface area contributed by atoms with Gasteiger partial charge in [-0.2, -0.15) is 0 Å². The fourth-order valence-electron chi connectivity index (χ4n) is 3.81. The van der Waals surface area contributed by atoms with Crippen molar-refractivity contribution in [2.24, 2.45) is 5.92 Å². The highest BCUT2D eigenvalue weighted by atomic mass is 16.5. The lowest BCUT2D eigenvalue weighted by Gasteiger charge is -2.33. The Morgan fingerprint density at radius 2 is 1.88 bits per heavy atom. The van der Waals surface area contributed by atoms with E-state index in [4.69, 9.17) is 9.15 Å². The van der Waals surface area contributed by atoms with Crippen molar-refractivity contribution in [3.05, 3.63) is 60.1 Å². The van der Waals surface area contributed by atoms with Gasteiger partial charge in [0.25, 0.3) is 0 Å². The number of furan rings is 1. The minimum absolute atomic E-state index is 0.0434. The first-order valence-corrected chi connectivity index (χ1v) is 9.51. The highest BCUT2D eigenvalue weighted by Crippen LogP contribution is 2.42. The average molecular weight is 354 g/mol. The quantitative estimate of drug-likeness (QED) is 0.831. The van der Waals surface area contributed by atoms with E-state index < -0.39 is 0 Å². The predicted octanol–water partition coefficient (Wildman–Crippen LogP) is 2.96. The van der Waals surface area contributed by atoms with Crippen molar-refractivity contribution in [2.45, 2.75) is 24.8 Å². The van der Waals surface area contributed by atoms with Crippen LogP contribution in [0.25, 0.3) is 0 Å². The molecule has 1 saturated carbocycles. The molecule has 1 aliphatic heterocycles. The third-order valence-corrected chi connectivity index (χ3v) is 5.36. The first kappa shape index (κ1) is 17.3. The first-order valence-electron chi connectivity index (χ1n) is 9.51. The van der Waals surface area contributed by atoms with E-state index in [9.17, 15) is 4.79 Å². The van der Waals surface area contributed by atoms with Gasteiger partial charge in [-0.25, -0.2) is 0 Å². The van der Waals surface area contributed by atoms with Crippen LogP contribution in [0, 0.1) is 5.92 Å². The van der Waals surface area contributed by atoms with Crippen molar-refractivity contribution in [3.8, 4) is 0 Å². The van der Waals surface area contributed by atoms with E-state index in [1.54, 1.807) is 6.26 Å². The van der Waals surface area contributed by atoms with Gasteiger partial charge in [0.05, 0.1) is 31.4 Å². The van der Waals surface area contributed by atoms with Crippen LogP contribution >= 0.6 is 0 Å². The van der Waals surface area contributed by atoms with Crippen LogP contribution in [0.2, 0.25) is 0 Å².